The Morgan fingerprint density at radius 3 is 1.94 bits per heavy atom. The summed E-state index contributed by atoms with van der Waals surface area (Å²) in [6.45, 7) is 2.32. The van der Waals surface area contributed by atoms with E-state index in [-0.39, 0.29) is 26.4 Å². The molecule has 0 radical (unpaired) electrons. The summed E-state index contributed by atoms with van der Waals surface area (Å²) in [7, 11) is 0. The van der Waals surface area contributed by atoms with Crippen LogP contribution in [0.5, 0.6) is 0 Å². The third-order valence-electron chi connectivity index (χ3n) is 2.07. The molecule has 0 amide bonds. The molecule has 0 bridgehead atoms. The van der Waals surface area contributed by atoms with Crippen molar-refractivity contribution in [1.29, 1.82) is 0 Å². The average molecular weight is 226 g/mol. The molecule has 90 valence electrons. The number of aliphatic hydroxyl groups excluding tert-OH is 2. The van der Waals surface area contributed by atoms with Crippen LogP contribution in [0.15, 0.2) is 24.3 Å². The number of hydrogen-bond acceptors (Lipinski definition) is 4. The SMILES string of the molecule is Cc1ccc(C(OCCO)OCCO)cc1. The van der Waals surface area contributed by atoms with Crippen LogP contribution < -0.4 is 0 Å². The zero-order valence-corrected chi connectivity index (χ0v) is 9.43. The Morgan fingerprint density at radius 2 is 1.50 bits per heavy atom. The zero-order valence-electron chi connectivity index (χ0n) is 9.43. The number of aryl methyl sites for hydroxylation is 1. The molecule has 0 saturated carbocycles. The van der Waals surface area contributed by atoms with Crippen LogP contribution in [0, 0.1) is 6.92 Å². The smallest absolute Gasteiger partial charge is 0.184 e. The second-order valence-corrected chi connectivity index (χ2v) is 3.43. The Hall–Kier alpha value is -0.940. The van der Waals surface area contributed by atoms with Gasteiger partial charge >= 0.3 is 0 Å². The lowest BCUT2D eigenvalue weighted by Gasteiger charge is -2.18. The maximum atomic E-state index is 8.70. The van der Waals surface area contributed by atoms with E-state index in [0.29, 0.717) is 0 Å². The summed E-state index contributed by atoms with van der Waals surface area (Å²) in [5.74, 6) is 0. The minimum absolute atomic E-state index is 0.0507. The van der Waals surface area contributed by atoms with Crippen LogP contribution in [0.1, 0.15) is 17.4 Å². The maximum absolute atomic E-state index is 8.70. The minimum atomic E-state index is -0.528. The Morgan fingerprint density at radius 1 is 1.00 bits per heavy atom. The highest BCUT2D eigenvalue weighted by Crippen LogP contribution is 2.19. The van der Waals surface area contributed by atoms with Crippen LogP contribution in [0.25, 0.3) is 0 Å². The van der Waals surface area contributed by atoms with Crippen molar-refractivity contribution in [2.24, 2.45) is 0 Å². The molecule has 4 heteroatoms. The van der Waals surface area contributed by atoms with Gasteiger partial charge in [0, 0.05) is 5.56 Å². The Kier molecular flexibility index (Phi) is 6.03. The molecule has 0 heterocycles. The molecule has 1 rings (SSSR count). The van der Waals surface area contributed by atoms with Crippen molar-refractivity contribution in [3.63, 3.8) is 0 Å². The second-order valence-electron chi connectivity index (χ2n) is 3.43. The van der Waals surface area contributed by atoms with E-state index in [1.165, 1.54) is 0 Å². The third kappa shape index (κ3) is 4.28. The number of aliphatic hydroxyl groups is 2. The van der Waals surface area contributed by atoms with Crippen molar-refractivity contribution >= 4 is 0 Å². The molecule has 0 saturated heterocycles. The summed E-state index contributed by atoms with van der Waals surface area (Å²) in [6.07, 6.45) is -0.528. The van der Waals surface area contributed by atoms with E-state index in [4.69, 9.17) is 19.7 Å². The summed E-state index contributed by atoms with van der Waals surface area (Å²) >= 11 is 0. The van der Waals surface area contributed by atoms with Gasteiger partial charge in [-0.05, 0) is 6.92 Å². The molecule has 2 N–H and O–H groups in total. The Balaban J connectivity index is 2.62. The molecular formula is C12H18O4. The lowest BCUT2D eigenvalue weighted by molar-refractivity contribution is -0.156. The predicted octanol–water partition coefficient (Wildman–Crippen LogP) is 1.01. The van der Waals surface area contributed by atoms with Gasteiger partial charge in [0.15, 0.2) is 6.29 Å². The third-order valence-corrected chi connectivity index (χ3v) is 2.07. The van der Waals surface area contributed by atoms with Crippen LogP contribution in [0.3, 0.4) is 0 Å². The fourth-order valence-corrected chi connectivity index (χ4v) is 1.28. The van der Waals surface area contributed by atoms with E-state index in [9.17, 15) is 0 Å². The van der Waals surface area contributed by atoms with Gasteiger partial charge in [-0.3, -0.25) is 0 Å². The highest BCUT2D eigenvalue weighted by molar-refractivity contribution is 5.22. The number of hydrogen-bond donors (Lipinski definition) is 2. The molecule has 0 aliphatic heterocycles. The lowest BCUT2D eigenvalue weighted by atomic mass is 10.1. The molecular weight excluding hydrogens is 208 g/mol. The summed E-state index contributed by atoms with van der Waals surface area (Å²) in [6, 6.07) is 7.75. The zero-order chi connectivity index (χ0) is 11.8. The molecule has 1 aromatic rings. The van der Waals surface area contributed by atoms with E-state index >= 15 is 0 Å². The van der Waals surface area contributed by atoms with Crippen LogP contribution in [0.2, 0.25) is 0 Å². The van der Waals surface area contributed by atoms with Crippen LogP contribution >= 0.6 is 0 Å². The Labute approximate surface area is 95.4 Å². The average Bonchev–Trinajstić information content (AvgIpc) is 2.31. The predicted molar refractivity (Wildman–Crippen MR) is 60.0 cm³/mol. The number of ether oxygens (including phenoxy) is 2. The fourth-order valence-electron chi connectivity index (χ4n) is 1.28. The van der Waals surface area contributed by atoms with E-state index in [0.717, 1.165) is 11.1 Å². The highest BCUT2D eigenvalue weighted by atomic mass is 16.7. The van der Waals surface area contributed by atoms with E-state index in [1.807, 2.05) is 31.2 Å². The number of benzene rings is 1. The molecule has 0 aliphatic rings. The first-order chi connectivity index (χ1) is 7.77. The molecule has 0 atom stereocenters. The van der Waals surface area contributed by atoms with Crippen molar-refractivity contribution in [2.45, 2.75) is 13.2 Å². The topological polar surface area (TPSA) is 58.9 Å². The van der Waals surface area contributed by atoms with Gasteiger partial charge in [-0.2, -0.15) is 0 Å². The fraction of sp³-hybridized carbons (Fsp3) is 0.500. The first-order valence-corrected chi connectivity index (χ1v) is 5.29. The first kappa shape index (κ1) is 13.1. The van der Waals surface area contributed by atoms with E-state index in [2.05, 4.69) is 0 Å². The summed E-state index contributed by atoms with van der Waals surface area (Å²) in [4.78, 5) is 0. The van der Waals surface area contributed by atoms with Crippen molar-refractivity contribution < 1.29 is 19.7 Å². The largest absolute Gasteiger partial charge is 0.394 e. The lowest BCUT2D eigenvalue weighted by Crippen LogP contribution is -2.13. The molecule has 0 aromatic heterocycles. The summed E-state index contributed by atoms with van der Waals surface area (Å²) < 4.78 is 10.7. The monoisotopic (exact) mass is 226 g/mol. The van der Waals surface area contributed by atoms with Crippen molar-refractivity contribution in [1.82, 2.24) is 0 Å². The summed E-state index contributed by atoms with van der Waals surface area (Å²) in [5, 5.41) is 17.4. The number of rotatable bonds is 7. The van der Waals surface area contributed by atoms with Gasteiger partial charge in [-0.15, -0.1) is 0 Å². The van der Waals surface area contributed by atoms with Crippen LogP contribution in [-0.2, 0) is 9.47 Å². The second kappa shape index (κ2) is 7.35. The van der Waals surface area contributed by atoms with Gasteiger partial charge in [0.05, 0.1) is 26.4 Å². The van der Waals surface area contributed by atoms with Gasteiger partial charge in [0.2, 0.25) is 0 Å². The molecule has 1 aromatic carbocycles. The molecule has 0 aliphatic carbocycles. The normalized spacial score (nSPS) is 11.0. The molecule has 0 fully saturated rings. The van der Waals surface area contributed by atoms with E-state index in [1.54, 1.807) is 0 Å². The van der Waals surface area contributed by atoms with E-state index < -0.39 is 6.29 Å². The maximum Gasteiger partial charge on any atom is 0.184 e. The van der Waals surface area contributed by atoms with Crippen molar-refractivity contribution in [2.75, 3.05) is 26.4 Å². The van der Waals surface area contributed by atoms with Gasteiger partial charge in [-0.1, -0.05) is 29.8 Å². The molecule has 16 heavy (non-hydrogen) atoms. The highest BCUT2D eigenvalue weighted by Gasteiger charge is 2.11. The van der Waals surface area contributed by atoms with Crippen molar-refractivity contribution in [3.05, 3.63) is 35.4 Å². The molecule has 0 unspecified atom stereocenters. The Bertz CT molecular complexity index is 276. The van der Waals surface area contributed by atoms with Gasteiger partial charge in [0.1, 0.15) is 0 Å². The van der Waals surface area contributed by atoms with Gasteiger partial charge in [0.25, 0.3) is 0 Å². The van der Waals surface area contributed by atoms with Gasteiger partial charge < -0.3 is 19.7 Å². The molecule has 4 nitrogen and oxygen atoms in total. The minimum Gasteiger partial charge on any atom is -0.394 e. The van der Waals surface area contributed by atoms with Crippen molar-refractivity contribution in [3.8, 4) is 0 Å². The first-order valence-electron chi connectivity index (χ1n) is 5.29. The van der Waals surface area contributed by atoms with Crippen LogP contribution in [0.4, 0.5) is 0 Å². The standard InChI is InChI=1S/C12H18O4/c1-10-2-4-11(5-3-10)12(15-8-6-13)16-9-7-14/h2-5,12-14H,6-9H2,1H3. The van der Waals surface area contributed by atoms with Gasteiger partial charge in [-0.25, -0.2) is 0 Å². The van der Waals surface area contributed by atoms with Crippen LogP contribution in [-0.4, -0.2) is 36.6 Å². The molecule has 0 spiro atoms. The quantitative estimate of drug-likeness (QED) is 0.681. The summed E-state index contributed by atoms with van der Waals surface area (Å²) in [5.41, 5.74) is 2.04.